The second kappa shape index (κ2) is 7.32. The summed E-state index contributed by atoms with van der Waals surface area (Å²) in [5.41, 5.74) is 0. The molecule has 0 aliphatic heterocycles. The standard InChI is InChI=1S/C18H42P2Si/c1-16(2,3)19(17(4,5)6)14-13-15-20(18(7,8)9)21(10,11)12/h13-15H2,1-12H3. The zero-order chi connectivity index (χ0) is 17.3. The van der Waals surface area contributed by atoms with Gasteiger partial charge < -0.3 is 0 Å². The van der Waals surface area contributed by atoms with Crippen molar-refractivity contribution in [2.75, 3.05) is 12.3 Å². The van der Waals surface area contributed by atoms with E-state index in [2.05, 4.69) is 82.0 Å². The molecule has 0 N–H and O–H groups in total. The van der Waals surface area contributed by atoms with E-state index in [-0.39, 0.29) is 15.4 Å². The predicted octanol–water partition coefficient (Wildman–Crippen LogP) is 7.57. The van der Waals surface area contributed by atoms with Crippen LogP contribution in [0.15, 0.2) is 0 Å². The maximum absolute atomic E-state index is 2.58. The first-order chi connectivity index (χ1) is 8.97. The van der Waals surface area contributed by atoms with Crippen LogP contribution in [0.2, 0.25) is 19.6 Å². The van der Waals surface area contributed by atoms with Crippen LogP contribution in [0.25, 0.3) is 0 Å². The van der Waals surface area contributed by atoms with Crippen LogP contribution in [0, 0.1) is 0 Å². The maximum atomic E-state index is 2.58. The molecular weight excluding hydrogens is 306 g/mol. The van der Waals surface area contributed by atoms with Crippen LogP contribution >= 0.6 is 15.4 Å². The summed E-state index contributed by atoms with van der Waals surface area (Å²) in [6, 6.07) is 0. The molecule has 0 spiro atoms. The molecule has 128 valence electrons. The Kier molecular flexibility index (Phi) is 7.69. The van der Waals surface area contributed by atoms with Crippen LogP contribution < -0.4 is 0 Å². The van der Waals surface area contributed by atoms with Gasteiger partial charge in [-0.3, -0.25) is 0 Å². The van der Waals surface area contributed by atoms with Gasteiger partial charge >= 0.3 is 0 Å². The third-order valence-corrected chi connectivity index (χ3v) is 19.5. The summed E-state index contributed by atoms with van der Waals surface area (Å²) in [4.78, 5) is 0. The minimum atomic E-state index is -1.01. The number of hydrogen-bond acceptors (Lipinski definition) is 0. The highest BCUT2D eigenvalue weighted by Gasteiger charge is 2.37. The Morgan fingerprint density at radius 3 is 1.24 bits per heavy atom. The first-order valence-corrected chi connectivity index (χ1v) is 15.9. The van der Waals surface area contributed by atoms with Gasteiger partial charge in [-0.25, -0.2) is 0 Å². The summed E-state index contributed by atoms with van der Waals surface area (Å²) in [5.74, 6) is 0. The predicted molar refractivity (Wildman–Crippen MR) is 111 cm³/mol. The highest BCUT2D eigenvalue weighted by molar-refractivity contribution is 7.95. The topological polar surface area (TPSA) is 0 Å². The largest absolute Gasteiger partial charge is 0.113 e. The minimum Gasteiger partial charge on any atom is -0.113 e. The summed E-state index contributed by atoms with van der Waals surface area (Å²) < 4.78 is 0. The summed E-state index contributed by atoms with van der Waals surface area (Å²) in [5, 5.41) is 1.50. The van der Waals surface area contributed by atoms with Gasteiger partial charge in [0.05, 0.1) is 7.74 Å². The van der Waals surface area contributed by atoms with Gasteiger partial charge in [-0.05, 0) is 34.2 Å². The van der Waals surface area contributed by atoms with Crippen LogP contribution in [0.3, 0.4) is 0 Å². The molecule has 0 bridgehead atoms. The molecule has 21 heavy (non-hydrogen) atoms. The van der Waals surface area contributed by atoms with Crippen LogP contribution in [-0.2, 0) is 0 Å². The van der Waals surface area contributed by atoms with E-state index in [0.29, 0.717) is 15.5 Å². The van der Waals surface area contributed by atoms with Crippen molar-refractivity contribution in [3.8, 4) is 0 Å². The Labute approximate surface area is 139 Å². The van der Waals surface area contributed by atoms with Gasteiger partial charge in [-0.1, -0.05) is 89.9 Å². The van der Waals surface area contributed by atoms with Crippen molar-refractivity contribution in [2.24, 2.45) is 0 Å². The quantitative estimate of drug-likeness (QED) is 0.355. The van der Waals surface area contributed by atoms with E-state index in [4.69, 9.17) is 0 Å². The van der Waals surface area contributed by atoms with Crippen LogP contribution in [0.4, 0.5) is 0 Å². The van der Waals surface area contributed by atoms with E-state index < -0.39 is 7.74 Å². The van der Waals surface area contributed by atoms with E-state index >= 15 is 0 Å². The Morgan fingerprint density at radius 2 is 1.00 bits per heavy atom. The fraction of sp³-hybridized carbons (Fsp3) is 1.00. The first kappa shape index (κ1) is 22.1. The van der Waals surface area contributed by atoms with Crippen LogP contribution in [-0.4, -0.2) is 35.5 Å². The molecule has 0 rings (SSSR count). The molecule has 0 saturated carbocycles. The van der Waals surface area contributed by atoms with E-state index in [1.807, 2.05) is 0 Å². The monoisotopic (exact) mass is 348 g/mol. The third-order valence-electron chi connectivity index (χ3n) is 4.00. The highest BCUT2D eigenvalue weighted by atomic mass is 31.4. The number of hydrogen-bond donors (Lipinski definition) is 0. The first-order valence-electron chi connectivity index (χ1n) is 8.53. The smallest absolute Gasteiger partial charge is 0.0726 e. The molecule has 0 aromatic heterocycles. The van der Waals surface area contributed by atoms with Crippen molar-refractivity contribution in [1.82, 2.24) is 0 Å². The van der Waals surface area contributed by atoms with Crippen molar-refractivity contribution in [2.45, 2.75) is 104 Å². The lowest BCUT2D eigenvalue weighted by molar-refractivity contribution is 0.701. The van der Waals surface area contributed by atoms with Crippen molar-refractivity contribution >= 4 is 23.1 Å². The SMILES string of the molecule is CC(C)(C)P(CCCP(C(C)(C)C)[Si](C)(C)C)C(C)(C)C. The third kappa shape index (κ3) is 7.94. The molecule has 0 aliphatic rings. The summed E-state index contributed by atoms with van der Waals surface area (Å²) in [6.07, 6.45) is 4.41. The molecule has 0 aliphatic carbocycles. The molecule has 0 nitrogen and oxygen atoms in total. The Morgan fingerprint density at radius 1 is 0.619 bits per heavy atom. The lowest BCUT2D eigenvalue weighted by Crippen LogP contribution is -2.31. The number of rotatable bonds is 5. The molecule has 1 atom stereocenters. The van der Waals surface area contributed by atoms with Crippen LogP contribution in [0.1, 0.15) is 68.7 Å². The van der Waals surface area contributed by atoms with Crippen LogP contribution in [0.5, 0.6) is 0 Å². The lowest BCUT2D eigenvalue weighted by atomic mass is 10.2. The van der Waals surface area contributed by atoms with E-state index in [1.54, 1.807) is 0 Å². The summed E-state index contributed by atoms with van der Waals surface area (Å²) in [7, 11) is -0.729. The normalized spacial score (nSPS) is 16.4. The lowest BCUT2D eigenvalue weighted by Gasteiger charge is -2.44. The highest BCUT2D eigenvalue weighted by Crippen LogP contribution is 2.61. The van der Waals surface area contributed by atoms with E-state index in [0.717, 1.165) is 0 Å². The van der Waals surface area contributed by atoms with Gasteiger partial charge in [0, 0.05) is 0 Å². The Hall–Kier alpha value is 1.08. The fourth-order valence-electron chi connectivity index (χ4n) is 3.74. The summed E-state index contributed by atoms with van der Waals surface area (Å²) >= 11 is 0. The molecule has 0 aromatic rings. The average Bonchev–Trinajstić information content (AvgIpc) is 2.07. The second-order valence-corrected chi connectivity index (χ2v) is 27.0. The molecule has 0 saturated heterocycles. The molecule has 0 fully saturated rings. The minimum absolute atomic E-state index is 0.0807. The molecule has 1 unspecified atom stereocenters. The van der Waals surface area contributed by atoms with Gasteiger partial charge in [0.1, 0.15) is 0 Å². The molecule has 0 amide bonds. The molecule has 0 heterocycles. The van der Waals surface area contributed by atoms with Gasteiger partial charge in [-0.2, -0.15) is 0 Å². The maximum Gasteiger partial charge on any atom is 0.0726 e. The van der Waals surface area contributed by atoms with E-state index in [9.17, 15) is 0 Å². The van der Waals surface area contributed by atoms with Crippen molar-refractivity contribution in [3.05, 3.63) is 0 Å². The van der Waals surface area contributed by atoms with Crippen molar-refractivity contribution in [1.29, 1.82) is 0 Å². The summed E-state index contributed by atoms with van der Waals surface area (Å²) in [6.45, 7) is 29.9. The van der Waals surface area contributed by atoms with E-state index in [1.165, 1.54) is 18.7 Å². The molecular formula is C18H42P2Si. The fourth-order valence-corrected chi connectivity index (χ4v) is 20.2. The molecule has 3 heteroatoms. The average molecular weight is 349 g/mol. The van der Waals surface area contributed by atoms with Gasteiger partial charge in [0.25, 0.3) is 0 Å². The van der Waals surface area contributed by atoms with Gasteiger partial charge in [0.15, 0.2) is 0 Å². The Bertz CT molecular complexity index is 250. The van der Waals surface area contributed by atoms with Crippen molar-refractivity contribution < 1.29 is 0 Å². The molecule has 0 radical (unpaired) electrons. The van der Waals surface area contributed by atoms with Gasteiger partial charge in [-0.15, -0.1) is 7.47 Å². The zero-order valence-electron chi connectivity index (χ0n) is 17.0. The van der Waals surface area contributed by atoms with Crippen molar-refractivity contribution in [3.63, 3.8) is 0 Å². The van der Waals surface area contributed by atoms with Gasteiger partial charge in [0.2, 0.25) is 0 Å². The Balaban J connectivity index is 4.84. The molecule has 0 aromatic carbocycles. The second-order valence-electron chi connectivity index (χ2n) is 10.3. The zero-order valence-corrected chi connectivity index (χ0v) is 19.8.